The average molecular weight is 314 g/mol. The quantitative estimate of drug-likeness (QED) is 0.835. The Bertz CT molecular complexity index is 630. The number of benzene rings is 1. The van der Waals surface area contributed by atoms with E-state index in [0.717, 1.165) is 6.42 Å². The first kappa shape index (κ1) is 16.0. The molecule has 0 radical (unpaired) electrons. The second-order valence-corrected chi connectivity index (χ2v) is 6.71. The lowest BCUT2D eigenvalue weighted by Gasteiger charge is -2.52. The van der Waals surface area contributed by atoms with E-state index < -0.39 is 12.2 Å². The number of rotatable bonds is 3. The van der Waals surface area contributed by atoms with Gasteiger partial charge in [-0.25, -0.2) is 0 Å². The van der Waals surface area contributed by atoms with Crippen LogP contribution in [0.4, 0.5) is 0 Å². The molecule has 0 aromatic heterocycles. The van der Waals surface area contributed by atoms with Crippen LogP contribution in [0.5, 0.6) is 5.75 Å². The third-order valence-corrected chi connectivity index (χ3v) is 5.24. The minimum atomic E-state index is -0.911. The molecule has 2 N–H and O–H groups in total. The molecule has 0 bridgehead atoms. The summed E-state index contributed by atoms with van der Waals surface area (Å²) in [5.74, 6) is 6.60. The first-order valence-electron chi connectivity index (χ1n) is 8.09. The van der Waals surface area contributed by atoms with Gasteiger partial charge < -0.3 is 14.9 Å². The van der Waals surface area contributed by atoms with Crippen molar-refractivity contribution >= 4 is 5.78 Å². The van der Waals surface area contributed by atoms with Crippen LogP contribution in [0.1, 0.15) is 26.2 Å². The van der Waals surface area contributed by atoms with Gasteiger partial charge in [-0.2, -0.15) is 0 Å². The second kappa shape index (κ2) is 6.35. The van der Waals surface area contributed by atoms with E-state index in [1.165, 1.54) is 0 Å². The van der Waals surface area contributed by atoms with Crippen molar-refractivity contribution in [3.63, 3.8) is 0 Å². The normalized spacial score (nSPS) is 33.7. The van der Waals surface area contributed by atoms with Crippen LogP contribution in [0, 0.1) is 29.1 Å². The lowest BCUT2D eigenvalue weighted by molar-refractivity contribution is -0.156. The Labute approximate surface area is 136 Å². The van der Waals surface area contributed by atoms with Gasteiger partial charge in [-0.3, -0.25) is 4.79 Å². The Hall–Kier alpha value is -1.83. The third kappa shape index (κ3) is 3.12. The van der Waals surface area contributed by atoms with Gasteiger partial charge >= 0.3 is 0 Å². The molecule has 0 spiro atoms. The monoisotopic (exact) mass is 314 g/mol. The summed E-state index contributed by atoms with van der Waals surface area (Å²) in [7, 11) is 0. The van der Waals surface area contributed by atoms with Gasteiger partial charge in [-0.05, 0) is 30.9 Å². The molecule has 0 heterocycles. The lowest BCUT2D eigenvalue weighted by atomic mass is 9.50. The summed E-state index contributed by atoms with van der Waals surface area (Å²) in [6.07, 6.45) is 0.385. The van der Waals surface area contributed by atoms with Gasteiger partial charge in [0.1, 0.15) is 24.2 Å². The summed E-state index contributed by atoms with van der Waals surface area (Å²) in [5, 5.41) is 20.2. The van der Waals surface area contributed by atoms with Gasteiger partial charge in [0.05, 0.1) is 12.0 Å². The Balaban J connectivity index is 1.60. The van der Waals surface area contributed by atoms with Crippen molar-refractivity contribution in [3.05, 3.63) is 30.3 Å². The predicted molar refractivity (Wildman–Crippen MR) is 85.7 cm³/mol. The first-order valence-corrected chi connectivity index (χ1v) is 8.09. The van der Waals surface area contributed by atoms with Crippen molar-refractivity contribution in [2.45, 2.75) is 38.4 Å². The highest BCUT2D eigenvalue weighted by Gasteiger charge is 2.57. The highest BCUT2D eigenvalue weighted by atomic mass is 16.5. The molecule has 2 fully saturated rings. The molecule has 2 aliphatic carbocycles. The molecule has 1 aromatic carbocycles. The standard InChI is InChI=1S/C19H22O4/c1-19-10-9-17(21)15(16(19)11-18(19)22)8-7-13(20)12-23-14-5-3-2-4-6-14/h2-6,13,15-17,20-21H,9-12H2,1H3. The Kier molecular flexibility index (Phi) is 4.43. The SMILES string of the molecule is CC12CCC(O)C(C#CC(O)COc3ccccc3)C1CC2=O. The Morgan fingerprint density at radius 1 is 1.39 bits per heavy atom. The minimum absolute atomic E-state index is 0.0840. The van der Waals surface area contributed by atoms with E-state index in [-0.39, 0.29) is 29.6 Å². The van der Waals surface area contributed by atoms with Crippen LogP contribution in [-0.2, 0) is 4.79 Å². The van der Waals surface area contributed by atoms with Crippen molar-refractivity contribution in [2.75, 3.05) is 6.61 Å². The van der Waals surface area contributed by atoms with Crippen LogP contribution in [0.3, 0.4) is 0 Å². The molecule has 0 amide bonds. The molecule has 0 saturated heterocycles. The second-order valence-electron chi connectivity index (χ2n) is 6.71. The topological polar surface area (TPSA) is 66.8 Å². The molecule has 0 aliphatic heterocycles. The number of aliphatic hydroxyl groups excluding tert-OH is 2. The number of ether oxygens (including phenoxy) is 1. The zero-order valence-corrected chi connectivity index (χ0v) is 13.2. The number of hydrogen-bond donors (Lipinski definition) is 2. The van der Waals surface area contributed by atoms with Crippen LogP contribution in [0.2, 0.25) is 0 Å². The van der Waals surface area contributed by atoms with Gasteiger partial charge in [0, 0.05) is 11.8 Å². The van der Waals surface area contributed by atoms with Gasteiger partial charge in [-0.15, -0.1) is 0 Å². The van der Waals surface area contributed by atoms with Crippen LogP contribution in [0.15, 0.2) is 30.3 Å². The van der Waals surface area contributed by atoms with Gasteiger partial charge in [0.2, 0.25) is 0 Å². The first-order chi connectivity index (χ1) is 11.0. The number of fused-ring (bicyclic) bond motifs is 1. The largest absolute Gasteiger partial charge is 0.490 e. The molecular formula is C19H22O4. The molecular weight excluding hydrogens is 292 g/mol. The molecule has 23 heavy (non-hydrogen) atoms. The molecule has 5 unspecified atom stereocenters. The van der Waals surface area contributed by atoms with Gasteiger partial charge in [0.15, 0.2) is 0 Å². The number of ketones is 1. The molecule has 2 saturated carbocycles. The van der Waals surface area contributed by atoms with Crippen molar-refractivity contribution in [3.8, 4) is 17.6 Å². The van der Waals surface area contributed by atoms with E-state index in [2.05, 4.69) is 11.8 Å². The third-order valence-electron chi connectivity index (χ3n) is 5.24. The molecule has 4 heteroatoms. The Morgan fingerprint density at radius 2 is 2.13 bits per heavy atom. The van der Waals surface area contributed by atoms with E-state index in [1.807, 2.05) is 37.3 Å². The van der Waals surface area contributed by atoms with Gasteiger partial charge in [0.25, 0.3) is 0 Å². The number of para-hydroxylation sites is 1. The molecule has 1 aromatic rings. The van der Waals surface area contributed by atoms with Crippen LogP contribution in [-0.4, -0.2) is 34.8 Å². The maximum atomic E-state index is 11.8. The zero-order chi connectivity index (χ0) is 16.4. The lowest BCUT2D eigenvalue weighted by Crippen LogP contribution is -2.56. The molecule has 3 rings (SSSR count). The summed E-state index contributed by atoms with van der Waals surface area (Å²) in [6, 6.07) is 9.25. The summed E-state index contributed by atoms with van der Waals surface area (Å²) >= 11 is 0. The number of carbonyl (C=O) groups excluding carboxylic acids is 1. The predicted octanol–water partition coefficient (Wildman–Crippen LogP) is 1.80. The van der Waals surface area contributed by atoms with Crippen LogP contribution < -0.4 is 4.74 Å². The van der Waals surface area contributed by atoms with Crippen molar-refractivity contribution in [1.29, 1.82) is 0 Å². The van der Waals surface area contributed by atoms with Gasteiger partial charge in [-0.1, -0.05) is 37.0 Å². The maximum Gasteiger partial charge on any atom is 0.148 e. The van der Waals surface area contributed by atoms with Crippen molar-refractivity contribution in [2.24, 2.45) is 17.3 Å². The zero-order valence-electron chi connectivity index (χ0n) is 13.2. The summed E-state index contributed by atoms with van der Waals surface area (Å²) in [5.41, 5.74) is -0.329. The fourth-order valence-electron chi connectivity index (χ4n) is 3.60. The van der Waals surface area contributed by atoms with E-state index in [9.17, 15) is 15.0 Å². The molecule has 5 atom stereocenters. The van der Waals surface area contributed by atoms with E-state index in [1.54, 1.807) is 0 Å². The minimum Gasteiger partial charge on any atom is -0.490 e. The Morgan fingerprint density at radius 3 is 2.83 bits per heavy atom. The molecule has 122 valence electrons. The number of aliphatic hydroxyl groups is 2. The number of Topliss-reactive ketones (excluding diaryl/α,β-unsaturated/α-hetero) is 1. The number of hydrogen-bond acceptors (Lipinski definition) is 4. The van der Waals surface area contributed by atoms with E-state index in [0.29, 0.717) is 18.6 Å². The van der Waals surface area contributed by atoms with Crippen molar-refractivity contribution in [1.82, 2.24) is 0 Å². The van der Waals surface area contributed by atoms with Crippen molar-refractivity contribution < 1.29 is 19.7 Å². The summed E-state index contributed by atoms with van der Waals surface area (Å²) < 4.78 is 5.46. The average Bonchev–Trinajstić information content (AvgIpc) is 2.57. The fraction of sp³-hybridized carbons (Fsp3) is 0.526. The molecule has 4 nitrogen and oxygen atoms in total. The number of carbonyl (C=O) groups is 1. The molecule has 2 aliphatic rings. The van der Waals surface area contributed by atoms with Crippen LogP contribution in [0.25, 0.3) is 0 Å². The van der Waals surface area contributed by atoms with E-state index >= 15 is 0 Å². The fourth-order valence-corrected chi connectivity index (χ4v) is 3.60. The smallest absolute Gasteiger partial charge is 0.148 e. The summed E-state index contributed by atoms with van der Waals surface area (Å²) in [6.45, 7) is 2.06. The van der Waals surface area contributed by atoms with E-state index in [4.69, 9.17) is 4.74 Å². The van der Waals surface area contributed by atoms with Crippen LogP contribution >= 0.6 is 0 Å². The summed E-state index contributed by atoms with van der Waals surface area (Å²) in [4.78, 5) is 11.8. The highest BCUT2D eigenvalue weighted by molar-refractivity contribution is 5.91. The maximum absolute atomic E-state index is 11.8. The highest BCUT2D eigenvalue weighted by Crippen LogP contribution is 2.54.